The van der Waals surface area contributed by atoms with Crippen molar-refractivity contribution in [2.24, 2.45) is 5.92 Å². The largest absolute Gasteiger partial charge is 0.476 e. The van der Waals surface area contributed by atoms with Gasteiger partial charge in [0.15, 0.2) is 0 Å². The van der Waals surface area contributed by atoms with Crippen LogP contribution >= 0.6 is 0 Å². The van der Waals surface area contributed by atoms with Crippen molar-refractivity contribution in [1.29, 1.82) is 5.26 Å². The topological polar surface area (TPSA) is 89.8 Å². The van der Waals surface area contributed by atoms with Gasteiger partial charge in [0.1, 0.15) is 11.9 Å². The lowest BCUT2D eigenvalue weighted by Gasteiger charge is -2.11. The molecule has 2 aromatic heterocycles. The third-order valence-electron chi connectivity index (χ3n) is 2.42. The Morgan fingerprint density at radius 1 is 1.47 bits per heavy atom. The molecule has 0 bridgehead atoms. The molecule has 0 fully saturated rings. The van der Waals surface area contributed by atoms with Crippen LogP contribution in [-0.4, -0.2) is 21.1 Å². The molecule has 0 aliphatic carbocycles. The molecular formula is C13H15N5O. The van der Waals surface area contributed by atoms with Crippen LogP contribution in [0.5, 0.6) is 5.88 Å². The molecule has 2 N–H and O–H groups in total. The summed E-state index contributed by atoms with van der Waals surface area (Å²) in [6.45, 7) is 4.63. The Hall–Kier alpha value is -2.55. The average Bonchev–Trinajstić information content (AvgIpc) is 2.86. The summed E-state index contributed by atoms with van der Waals surface area (Å²) in [4.78, 5) is 8.25. The maximum Gasteiger partial charge on any atom is 0.239 e. The van der Waals surface area contributed by atoms with E-state index >= 15 is 0 Å². The lowest BCUT2D eigenvalue weighted by Crippen LogP contribution is -2.09. The van der Waals surface area contributed by atoms with Crippen molar-refractivity contribution in [1.82, 2.24) is 14.5 Å². The van der Waals surface area contributed by atoms with Gasteiger partial charge in [-0.1, -0.05) is 13.8 Å². The number of nitriles is 1. The van der Waals surface area contributed by atoms with E-state index in [1.807, 2.05) is 19.9 Å². The van der Waals surface area contributed by atoms with Crippen LogP contribution in [0.4, 0.5) is 5.69 Å². The summed E-state index contributed by atoms with van der Waals surface area (Å²) in [5.74, 6) is 1.59. The van der Waals surface area contributed by atoms with Crippen LogP contribution in [0.15, 0.2) is 24.5 Å². The minimum atomic E-state index is 0.270. The van der Waals surface area contributed by atoms with Gasteiger partial charge in [0, 0.05) is 12.4 Å². The van der Waals surface area contributed by atoms with Crippen molar-refractivity contribution < 1.29 is 4.74 Å². The first kappa shape index (κ1) is 12.9. The molecule has 0 aromatic carbocycles. The number of rotatable bonds is 4. The van der Waals surface area contributed by atoms with Gasteiger partial charge in [0.2, 0.25) is 11.7 Å². The number of aromatic nitrogens is 3. The van der Waals surface area contributed by atoms with E-state index in [1.165, 1.54) is 0 Å². The Kier molecular flexibility index (Phi) is 3.66. The molecule has 6 heteroatoms. The standard InChI is InChI=1S/C13H15N5O/c1-9(2)8-19-13-10(15)3-4-11(17-13)18-6-5-16-12(18)7-14/h3-6,9H,8,15H2,1-2H3. The SMILES string of the molecule is CC(C)COc1nc(-n2ccnc2C#N)ccc1N. The van der Waals surface area contributed by atoms with Gasteiger partial charge in [-0.05, 0) is 18.1 Å². The summed E-state index contributed by atoms with van der Waals surface area (Å²) in [5.41, 5.74) is 6.30. The van der Waals surface area contributed by atoms with Crippen LogP contribution in [0, 0.1) is 17.2 Å². The number of hydrogen-bond acceptors (Lipinski definition) is 5. The first-order valence-corrected chi connectivity index (χ1v) is 5.95. The van der Waals surface area contributed by atoms with Crippen LogP contribution in [0.25, 0.3) is 5.82 Å². The monoisotopic (exact) mass is 257 g/mol. The van der Waals surface area contributed by atoms with E-state index < -0.39 is 0 Å². The van der Waals surface area contributed by atoms with E-state index in [2.05, 4.69) is 9.97 Å². The van der Waals surface area contributed by atoms with Crippen molar-refractivity contribution in [3.05, 3.63) is 30.4 Å². The fourth-order valence-electron chi connectivity index (χ4n) is 1.51. The molecule has 2 aromatic rings. The summed E-state index contributed by atoms with van der Waals surface area (Å²) in [5, 5.41) is 8.95. The summed E-state index contributed by atoms with van der Waals surface area (Å²) in [6, 6.07) is 5.43. The number of pyridine rings is 1. The van der Waals surface area contributed by atoms with Crippen LogP contribution in [0.3, 0.4) is 0 Å². The highest BCUT2D eigenvalue weighted by Gasteiger charge is 2.09. The Morgan fingerprint density at radius 3 is 2.95 bits per heavy atom. The molecule has 0 atom stereocenters. The average molecular weight is 257 g/mol. The normalized spacial score (nSPS) is 10.4. The second kappa shape index (κ2) is 5.40. The molecule has 6 nitrogen and oxygen atoms in total. The predicted molar refractivity (Wildman–Crippen MR) is 70.8 cm³/mol. The fourth-order valence-corrected chi connectivity index (χ4v) is 1.51. The van der Waals surface area contributed by atoms with E-state index in [-0.39, 0.29) is 5.82 Å². The molecule has 0 spiro atoms. The van der Waals surface area contributed by atoms with Crippen LogP contribution < -0.4 is 10.5 Å². The smallest absolute Gasteiger partial charge is 0.239 e. The number of ether oxygens (including phenoxy) is 1. The minimum Gasteiger partial charge on any atom is -0.476 e. The van der Waals surface area contributed by atoms with Gasteiger partial charge in [0.05, 0.1) is 12.3 Å². The lowest BCUT2D eigenvalue weighted by molar-refractivity contribution is 0.263. The number of imidazole rings is 1. The van der Waals surface area contributed by atoms with Crippen LogP contribution in [0.2, 0.25) is 0 Å². The highest BCUT2D eigenvalue weighted by Crippen LogP contribution is 2.21. The van der Waals surface area contributed by atoms with Crippen molar-refractivity contribution >= 4 is 5.69 Å². The van der Waals surface area contributed by atoms with Crippen molar-refractivity contribution in [3.8, 4) is 17.8 Å². The molecule has 19 heavy (non-hydrogen) atoms. The number of anilines is 1. The van der Waals surface area contributed by atoms with Crippen molar-refractivity contribution in [2.75, 3.05) is 12.3 Å². The van der Waals surface area contributed by atoms with Gasteiger partial charge in [-0.25, -0.2) is 4.98 Å². The molecule has 2 heterocycles. The molecule has 0 amide bonds. The van der Waals surface area contributed by atoms with Crippen LogP contribution in [0.1, 0.15) is 19.7 Å². The zero-order valence-electron chi connectivity index (χ0n) is 10.9. The molecular weight excluding hydrogens is 242 g/mol. The molecule has 0 unspecified atom stereocenters. The number of nitrogens with zero attached hydrogens (tertiary/aromatic N) is 4. The predicted octanol–water partition coefficient (Wildman–Crippen LogP) is 1.76. The highest BCUT2D eigenvalue weighted by molar-refractivity contribution is 5.51. The van der Waals surface area contributed by atoms with E-state index in [0.29, 0.717) is 29.9 Å². The van der Waals surface area contributed by atoms with Crippen molar-refractivity contribution in [2.45, 2.75) is 13.8 Å². The third kappa shape index (κ3) is 2.83. The maximum atomic E-state index is 8.95. The third-order valence-corrected chi connectivity index (χ3v) is 2.42. The van der Waals surface area contributed by atoms with Gasteiger partial charge in [-0.2, -0.15) is 10.2 Å². The first-order valence-electron chi connectivity index (χ1n) is 5.95. The highest BCUT2D eigenvalue weighted by atomic mass is 16.5. The molecule has 0 aliphatic heterocycles. The van der Waals surface area contributed by atoms with Gasteiger partial charge in [0.25, 0.3) is 0 Å². The minimum absolute atomic E-state index is 0.270. The van der Waals surface area contributed by atoms with Gasteiger partial charge in [-0.15, -0.1) is 0 Å². The van der Waals surface area contributed by atoms with Crippen molar-refractivity contribution in [3.63, 3.8) is 0 Å². The zero-order chi connectivity index (χ0) is 13.8. The summed E-state index contributed by atoms with van der Waals surface area (Å²) in [6.07, 6.45) is 3.22. The molecule has 0 radical (unpaired) electrons. The first-order chi connectivity index (χ1) is 9.11. The second-order valence-corrected chi connectivity index (χ2v) is 4.50. The summed E-state index contributed by atoms with van der Waals surface area (Å²) >= 11 is 0. The summed E-state index contributed by atoms with van der Waals surface area (Å²) < 4.78 is 7.14. The second-order valence-electron chi connectivity index (χ2n) is 4.50. The number of nitrogens with two attached hydrogens (primary N) is 1. The van der Waals surface area contributed by atoms with Gasteiger partial charge in [-0.3, -0.25) is 4.57 Å². The summed E-state index contributed by atoms with van der Waals surface area (Å²) in [7, 11) is 0. The quantitative estimate of drug-likeness (QED) is 0.901. The number of nitrogen functional groups attached to an aromatic ring is 1. The fraction of sp³-hybridized carbons (Fsp3) is 0.308. The van der Waals surface area contributed by atoms with E-state index in [0.717, 1.165) is 0 Å². The molecule has 0 aliphatic rings. The molecule has 0 saturated carbocycles. The van der Waals surface area contributed by atoms with Gasteiger partial charge >= 0.3 is 0 Å². The molecule has 2 rings (SSSR count). The maximum absolute atomic E-state index is 8.95. The Bertz CT molecular complexity index is 612. The zero-order valence-corrected chi connectivity index (χ0v) is 10.9. The van der Waals surface area contributed by atoms with Gasteiger partial charge < -0.3 is 10.5 Å². The van der Waals surface area contributed by atoms with E-state index in [4.69, 9.17) is 15.7 Å². The number of hydrogen-bond donors (Lipinski definition) is 1. The van der Waals surface area contributed by atoms with Crippen LogP contribution in [-0.2, 0) is 0 Å². The molecule has 0 saturated heterocycles. The molecule has 98 valence electrons. The Morgan fingerprint density at radius 2 is 2.26 bits per heavy atom. The van der Waals surface area contributed by atoms with E-state index in [9.17, 15) is 0 Å². The Labute approximate surface area is 111 Å². The lowest BCUT2D eigenvalue weighted by atomic mass is 10.2. The van der Waals surface area contributed by atoms with E-state index in [1.54, 1.807) is 29.1 Å². The Balaban J connectivity index is 2.33.